The van der Waals surface area contributed by atoms with Gasteiger partial charge in [-0.3, -0.25) is 9.32 Å². The van der Waals surface area contributed by atoms with Crippen molar-refractivity contribution in [3.8, 4) is 5.75 Å². The molecule has 1 aromatic rings. The Morgan fingerprint density at radius 3 is 2.53 bits per heavy atom. The van der Waals surface area contributed by atoms with E-state index in [4.69, 9.17) is 13.8 Å². The van der Waals surface area contributed by atoms with E-state index < -0.39 is 13.5 Å². The van der Waals surface area contributed by atoms with Crippen LogP contribution >= 0.6 is 7.60 Å². The standard InChI is InChI=1S/C13H19O5P/c1-4-16-13(14)11(2)10-17-19(3,15)18-12-8-6-5-7-9-12/h5-9,11H,4,10H2,1-3H3. The van der Waals surface area contributed by atoms with Crippen LogP contribution in [0.5, 0.6) is 5.75 Å². The molecular weight excluding hydrogens is 267 g/mol. The molecule has 0 heterocycles. The molecule has 0 spiro atoms. The topological polar surface area (TPSA) is 61.8 Å². The summed E-state index contributed by atoms with van der Waals surface area (Å²) >= 11 is 0. The first-order valence-corrected chi connectivity index (χ1v) is 8.07. The maximum absolute atomic E-state index is 12.1. The van der Waals surface area contributed by atoms with E-state index >= 15 is 0 Å². The molecule has 0 aromatic heterocycles. The summed E-state index contributed by atoms with van der Waals surface area (Å²) in [5.41, 5.74) is 0. The lowest BCUT2D eigenvalue weighted by molar-refractivity contribution is -0.148. The van der Waals surface area contributed by atoms with Crippen LogP contribution in [0.1, 0.15) is 13.8 Å². The molecule has 1 aromatic carbocycles. The highest BCUT2D eigenvalue weighted by Crippen LogP contribution is 2.44. The van der Waals surface area contributed by atoms with Crippen LogP contribution in [-0.4, -0.2) is 25.8 Å². The number of para-hydroxylation sites is 1. The quantitative estimate of drug-likeness (QED) is 0.569. The van der Waals surface area contributed by atoms with E-state index in [1.807, 2.05) is 6.07 Å². The number of ether oxygens (including phenoxy) is 1. The van der Waals surface area contributed by atoms with E-state index in [-0.39, 0.29) is 12.6 Å². The molecule has 0 aliphatic heterocycles. The van der Waals surface area contributed by atoms with Crippen LogP contribution in [0, 0.1) is 5.92 Å². The highest BCUT2D eigenvalue weighted by molar-refractivity contribution is 7.53. The third-order valence-electron chi connectivity index (χ3n) is 2.26. The third-order valence-corrected chi connectivity index (χ3v) is 3.42. The molecule has 0 aliphatic rings. The molecular formula is C13H19O5P. The van der Waals surface area contributed by atoms with E-state index in [0.717, 1.165) is 0 Å². The molecule has 106 valence electrons. The van der Waals surface area contributed by atoms with Crippen molar-refractivity contribution in [3.05, 3.63) is 30.3 Å². The minimum atomic E-state index is -3.23. The average Bonchev–Trinajstić information content (AvgIpc) is 2.37. The van der Waals surface area contributed by atoms with Crippen molar-refractivity contribution in [1.82, 2.24) is 0 Å². The zero-order chi connectivity index (χ0) is 14.3. The average molecular weight is 286 g/mol. The summed E-state index contributed by atoms with van der Waals surface area (Å²) in [7, 11) is -3.23. The highest BCUT2D eigenvalue weighted by atomic mass is 31.2. The normalized spacial score (nSPS) is 15.3. The fourth-order valence-electron chi connectivity index (χ4n) is 1.30. The molecule has 2 unspecified atom stereocenters. The van der Waals surface area contributed by atoms with Crippen molar-refractivity contribution < 1.29 is 23.1 Å². The first kappa shape index (κ1) is 15.7. The third kappa shape index (κ3) is 5.90. The van der Waals surface area contributed by atoms with Crippen molar-refractivity contribution >= 4 is 13.6 Å². The van der Waals surface area contributed by atoms with Crippen molar-refractivity contribution in [2.24, 2.45) is 5.92 Å². The van der Waals surface area contributed by atoms with Crippen LogP contribution < -0.4 is 4.52 Å². The Morgan fingerprint density at radius 2 is 1.95 bits per heavy atom. The second-order valence-corrected chi connectivity index (χ2v) is 6.11. The summed E-state index contributed by atoms with van der Waals surface area (Å²) in [5, 5.41) is 0. The molecule has 2 atom stereocenters. The SMILES string of the molecule is CCOC(=O)C(C)COP(C)(=O)Oc1ccccc1. The zero-order valence-electron chi connectivity index (χ0n) is 11.4. The van der Waals surface area contributed by atoms with E-state index in [2.05, 4.69) is 0 Å². The summed E-state index contributed by atoms with van der Waals surface area (Å²) < 4.78 is 27.4. The van der Waals surface area contributed by atoms with Gasteiger partial charge < -0.3 is 9.26 Å². The molecule has 5 nitrogen and oxygen atoms in total. The number of carbonyl (C=O) groups excluding carboxylic acids is 1. The van der Waals surface area contributed by atoms with Crippen molar-refractivity contribution in [2.75, 3.05) is 19.9 Å². The summed E-state index contributed by atoms with van der Waals surface area (Å²) in [6, 6.07) is 8.76. The smallest absolute Gasteiger partial charge is 0.376 e. The van der Waals surface area contributed by atoms with Gasteiger partial charge >= 0.3 is 13.6 Å². The largest absolute Gasteiger partial charge is 0.466 e. The highest BCUT2D eigenvalue weighted by Gasteiger charge is 2.23. The van der Waals surface area contributed by atoms with Gasteiger partial charge in [0, 0.05) is 6.66 Å². The summed E-state index contributed by atoms with van der Waals surface area (Å²) in [5.74, 6) is -0.382. The fourth-order valence-corrected chi connectivity index (χ4v) is 2.35. The number of carbonyl (C=O) groups is 1. The van der Waals surface area contributed by atoms with Crippen molar-refractivity contribution in [2.45, 2.75) is 13.8 Å². The van der Waals surface area contributed by atoms with Crippen molar-refractivity contribution in [3.63, 3.8) is 0 Å². The second-order valence-electron chi connectivity index (χ2n) is 4.12. The van der Waals surface area contributed by atoms with Gasteiger partial charge in [0.05, 0.1) is 19.1 Å². The van der Waals surface area contributed by atoms with Crippen LogP contribution in [0.2, 0.25) is 0 Å². The lowest BCUT2D eigenvalue weighted by atomic mass is 10.2. The predicted octanol–water partition coefficient (Wildman–Crippen LogP) is 3.10. The summed E-state index contributed by atoms with van der Waals surface area (Å²) in [6.45, 7) is 5.07. The molecule has 0 amide bonds. The van der Waals surface area contributed by atoms with Gasteiger partial charge in [-0.25, -0.2) is 4.57 Å². The molecule has 0 fully saturated rings. The summed E-state index contributed by atoms with van der Waals surface area (Å²) in [6.07, 6.45) is 0. The van der Waals surface area contributed by atoms with Crippen LogP contribution in [0.3, 0.4) is 0 Å². The van der Waals surface area contributed by atoms with Crippen LogP contribution in [0.25, 0.3) is 0 Å². The Bertz CT molecular complexity index is 446. The first-order chi connectivity index (χ1) is 8.94. The van der Waals surface area contributed by atoms with E-state index in [1.54, 1.807) is 38.1 Å². The zero-order valence-corrected chi connectivity index (χ0v) is 12.3. The molecule has 0 radical (unpaired) electrons. The van der Waals surface area contributed by atoms with Gasteiger partial charge in [0.1, 0.15) is 5.75 Å². The lowest BCUT2D eigenvalue weighted by Gasteiger charge is -2.17. The number of benzene rings is 1. The van der Waals surface area contributed by atoms with Crippen LogP contribution in [0.15, 0.2) is 30.3 Å². The van der Waals surface area contributed by atoms with E-state index in [1.165, 1.54) is 6.66 Å². The van der Waals surface area contributed by atoms with Gasteiger partial charge in [-0.05, 0) is 26.0 Å². The van der Waals surface area contributed by atoms with Crippen LogP contribution in [-0.2, 0) is 18.6 Å². The molecule has 0 aliphatic carbocycles. The predicted molar refractivity (Wildman–Crippen MR) is 72.3 cm³/mol. The van der Waals surface area contributed by atoms with Gasteiger partial charge in [-0.15, -0.1) is 0 Å². The Morgan fingerprint density at radius 1 is 1.32 bits per heavy atom. The molecule has 0 saturated carbocycles. The molecule has 0 saturated heterocycles. The van der Waals surface area contributed by atoms with Gasteiger partial charge in [-0.2, -0.15) is 0 Å². The Balaban J connectivity index is 2.47. The number of hydrogen-bond donors (Lipinski definition) is 0. The number of esters is 1. The first-order valence-electron chi connectivity index (χ1n) is 6.08. The van der Waals surface area contributed by atoms with Gasteiger partial charge in [-0.1, -0.05) is 18.2 Å². The van der Waals surface area contributed by atoms with E-state index in [0.29, 0.717) is 12.4 Å². The summed E-state index contributed by atoms with van der Waals surface area (Å²) in [4.78, 5) is 11.4. The van der Waals surface area contributed by atoms with Gasteiger partial charge in [0.15, 0.2) is 0 Å². The Kier molecular flexibility index (Phi) is 6.06. The maximum atomic E-state index is 12.1. The Labute approximate surface area is 113 Å². The monoisotopic (exact) mass is 286 g/mol. The Hall–Kier alpha value is -1.32. The number of rotatable bonds is 7. The second kappa shape index (κ2) is 7.31. The molecule has 0 bridgehead atoms. The minimum absolute atomic E-state index is 0.000551. The fraction of sp³-hybridized carbons (Fsp3) is 0.462. The lowest BCUT2D eigenvalue weighted by Crippen LogP contribution is -2.19. The number of hydrogen-bond acceptors (Lipinski definition) is 5. The van der Waals surface area contributed by atoms with Gasteiger partial charge in [0.25, 0.3) is 0 Å². The maximum Gasteiger partial charge on any atom is 0.376 e. The van der Waals surface area contributed by atoms with Gasteiger partial charge in [0.2, 0.25) is 0 Å². The molecule has 19 heavy (non-hydrogen) atoms. The van der Waals surface area contributed by atoms with Crippen LogP contribution in [0.4, 0.5) is 0 Å². The minimum Gasteiger partial charge on any atom is -0.466 e. The molecule has 0 N–H and O–H groups in total. The van der Waals surface area contributed by atoms with E-state index in [9.17, 15) is 9.36 Å². The molecule has 6 heteroatoms. The van der Waals surface area contributed by atoms with Crippen molar-refractivity contribution in [1.29, 1.82) is 0 Å². The molecule has 1 rings (SSSR count).